The summed E-state index contributed by atoms with van der Waals surface area (Å²) in [4.78, 5) is 3.43. The minimum absolute atomic E-state index is 0.0680. The molecule has 0 saturated heterocycles. The minimum atomic E-state index is 0.0680. The van der Waals surface area contributed by atoms with Gasteiger partial charge in [-0.15, -0.1) is 0 Å². The van der Waals surface area contributed by atoms with Gasteiger partial charge in [-0.1, -0.05) is 37.0 Å². The van der Waals surface area contributed by atoms with Gasteiger partial charge in [-0.2, -0.15) is 0 Å². The molecule has 2 aromatic rings. The second-order valence-electron chi connectivity index (χ2n) is 5.85. The van der Waals surface area contributed by atoms with Crippen LogP contribution in [-0.2, 0) is 6.42 Å². The molecule has 0 fully saturated rings. The topological polar surface area (TPSA) is 41.8 Å². The van der Waals surface area contributed by atoms with E-state index < -0.39 is 0 Å². The van der Waals surface area contributed by atoms with Crippen molar-refractivity contribution in [2.75, 3.05) is 0 Å². The summed E-state index contributed by atoms with van der Waals surface area (Å²) in [5.74, 6) is 1.23. The Bertz CT molecular complexity index is 631. The second-order valence-corrected chi connectivity index (χ2v) is 6.64. The van der Waals surface area contributed by atoms with Gasteiger partial charge < -0.3 is 10.7 Å². The molecule has 2 unspecified atom stereocenters. The maximum absolute atomic E-state index is 6.39. The number of hydrogen-bond donors (Lipinski definition) is 2. The van der Waals surface area contributed by atoms with Crippen molar-refractivity contribution >= 4 is 34.1 Å². The zero-order valence-electron chi connectivity index (χ0n) is 11.1. The third kappa shape index (κ3) is 2.06. The van der Waals surface area contributed by atoms with Gasteiger partial charge in [-0.05, 0) is 42.4 Å². The highest BCUT2D eigenvalue weighted by Gasteiger charge is 2.30. The minimum Gasteiger partial charge on any atom is -0.357 e. The fraction of sp³-hybridized carbons (Fsp3) is 0.467. The molecule has 102 valence electrons. The lowest BCUT2D eigenvalue weighted by Crippen LogP contribution is -2.26. The molecule has 1 heterocycles. The van der Waals surface area contributed by atoms with E-state index in [0.717, 1.165) is 29.4 Å². The first kappa shape index (κ1) is 13.3. The van der Waals surface area contributed by atoms with Gasteiger partial charge in [0, 0.05) is 22.6 Å². The normalized spacial score (nSPS) is 23.1. The Balaban J connectivity index is 2.22. The van der Waals surface area contributed by atoms with Gasteiger partial charge in [0.2, 0.25) is 0 Å². The van der Waals surface area contributed by atoms with E-state index in [-0.39, 0.29) is 6.04 Å². The van der Waals surface area contributed by atoms with Crippen LogP contribution in [0.1, 0.15) is 37.6 Å². The summed E-state index contributed by atoms with van der Waals surface area (Å²) in [6.45, 7) is 4.51. The molecule has 19 heavy (non-hydrogen) atoms. The molecule has 4 heteroatoms. The van der Waals surface area contributed by atoms with Crippen molar-refractivity contribution in [3.8, 4) is 0 Å². The highest BCUT2D eigenvalue weighted by molar-refractivity contribution is 6.45. The molecule has 0 saturated carbocycles. The molecule has 3 rings (SSSR count). The van der Waals surface area contributed by atoms with Crippen LogP contribution in [0.5, 0.6) is 0 Å². The molecule has 0 radical (unpaired) electrons. The average molecular weight is 297 g/mol. The summed E-state index contributed by atoms with van der Waals surface area (Å²) < 4.78 is 0. The first-order valence-electron chi connectivity index (χ1n) is 6.73. The van der Waals surface area contributed by atoms with Crippen molar-refractivity contribution < 1.29 is 0 Å². The summed E-state index contributed by atoms with van der Waals surface area (Å²) in [5, 5.41) is 2.31. The number of halogens is 2. The van der Waals surface area contributed by atoms with Crippen LogP contribution in [0.25, 0.3) is 10.9 Å². The summed E-state index contributed by atoms with van der Waals surface area (Å²) in [6, 6.07) is 3.89. The standard InChI is InChI=1S/C15H18Cl2N2/c1-7(2)8-5-9-13-12(4-3-10(16)14(13)17)19-15(9)11(18)6-8/h3-4,7-8,11,19H,5-6,18H2,1-2H3. The van der Waals surface area contributed by atoms with Gasteiger partial charge in [0.05, 0.1) is 10.0 Å². The lowest BCUT2D eigenvalue weighted by atomic mass is 9.78. The average Bonchev–Trinajstić information content (AvgIpc) is 2.73. The number of nitrogens with two attached hydrogens (primary N) is 1. The Morgan fingerprint density at radius 2 is 2.05 bits per heavy atom. The van der Waals surface area contributed by atoms with Crippen LogP contribution in [-0.4, -0.2) is 4.98 Å². The Hall–Kier alpha value is -0.700. The monoisotopic (exact) mass is 296 g/mol. The van der Waals surface area contributed by atoms with Crippen molar-refractivity contribution in [3.05, 3.63) is 33.4 Å². The maximum atomic E-state index is 6.39. The van der Waals surface area contributed by atoms with E-state index in [9.17, 15) is 0 Å². The lowest BCUT2D eigenvalue weighted by molar-refractivity contribution is 0.313. The lowest BCUT2D eigenvalue weighted by Gasteiger charge is -2.30. The molecule has 0 amide bonds. The number of hydrogen-bond acceptors (Lipinski definition) is 1. The molecule has 0 bridgehead atoms. The summed E-state index contributed by atoms with van der Waals surface area (Å²) in [5.41, 5.74) is 9.76. The molecular weight excluding hydrogens is 279 g/mol. The predicted octanol–water partition coefficient (Wildman–Crippen LogP) is 4.69. The smallest absolute Gasteiger partial charge is 0.0688 e. The van der Waals surface area contributed by atoms with E-state index in [0.29, 0.717) is 21.9 Å². The van der Waals surface area contributed by atoms with Gasteiger partial charge in [0.15, 0.2) is 0 Å². The summed E-state index contributed by atoms with van der Waals surface area (Å²) >= 11 is 12.5. The largest absolute Gasteiger partial charge is 0.357 e. The molecule has 1 aromatic carbocycles. The zero-order valence-corrected chi connectivity index (χ0v) is 12.6. The Kier molecular flexibility index (Phi) is 3.28. The van der Waals surface area contributed by atoms with E-state index >= 15 is 0 Å². The van der Waals surface area contributed by atoms with E-state index in [1.165, 1.54) is 5.56 Å². The van der Waals surface area contributed by atoms with Crippen LogP contribution in [0.15, 0.2) is 12.1 Å². The van der Waals surface area contributed by atoms with E-state index in [2.05, 4.69) is 18.8 Å². The summed E-state index contributed by atoms with van der Waals surface area (Å²) in [7, 11) is 0. The van der Waals surface area contributed by atoms with Gasteiger partial charge in [-0.25, -0.2) is 0 Å². The van der Waals surface area contributed by atoms with Crippen LogP contribution in [0.4, 0.5) is 0 Å². The molecule has 0 aliphatic heterocycles. The fourth-order valence-corrected chi connectivity index (χ4v) is 3.57. The molecule has 1 aromatic heterocycles. The van der Waals surface area contributed by atoms with Crippen molar-refractivity contribution in [2.45, 2.75) is 32.7 Å². The van der Waals surface area contributed by atoms with Crippen LogP contribution in [0, 0.1) is 11.8 Å². The van der Waals surface area contributed by atoms with E-state index in [1.54, 1.807) is 0 Å². The Labute approximate surface area is 123 Å². The van der Waals surface area contributed by atoms with E-state index in [1.807, 2.05) is 12.1 Å². The number of nitrogens with one attached hydrogen (secondary N) is 1. The molecule has 0 spiro atoms. The SMILES string of the molecule is CC(C)C1Cc2c([nH]c3ccc(Cl)c(Cl)c23)C(N)C1. The number of rotatable bonds is 1. The molecule has 2 nitrogen and oxygen atoms in total. The first-order valence-corrected chi connectivity index (χ1v) is 7.48. The molecule has 1 aliphatic carbocycles. The van der Waals surface area contributed by atoms with Crippen molar-refractivity contribution in [1.82, 2.24) is 4.98 Å². The van der Waals surface area contributed by atoms with Gasteiger partial charge in [-0.3, -0.25) is 0 Å². The highest BCUT2D eigenvalue weighted by Crippen LogP contribution is 2.42. The summed E-state index contributed by atoms with van der Waals surface area (Å²) in [6.07, 6.45) is 2.06. The molecular formula is C15H18Cl2N2. The number of benzene rings is 1. The van der Waals surface area contributed by atoms with Crippen LogP contribution < -0.4 is 5.73 Å². The number of fused-ring (bicyclic) bond motifs is 3. The first-order chi connectivity index (χ1) is 8.99. The third-order valence-corrected chi connectivity index (χ3v) is 5.13. The Morgan fingerprint density at radius 1 is 1.32 bits per heavy atom. The van der Waals surface area contributed by atoms with Crippen LogP contribution in [0.3, 0.4) is 0 Å². The highest BCUT2D eigenvalue weighted by atomic mass is 35.5. The Morgan fingerprint density at radius 3 is 2.74 bits per heavy atom. The number of aromatic nitrogens is 1. The number of H-pyrrole nitrogens is 1. The van der Waals surface area contributed by atoms with Gasteiger partial charge in [0.1, 0.15) is 0 Å². The molecule has 2 atom stereocenters. The predicted molar refractivity (Wildman–Crippen MR) is 81.9 cm³/mol. The third-order valence-electron chi connectivity index (χ3n) is 4.33. The van der Waals surface area contributed by atoms with Crippen LogP contribution >= 0.6 is 23.2 Å². The maximum Gasteiger partial charge on any atom is 0.0688 e. The van der Waals surface area contributed by atoms with Crippen molar-refractivity contribution in [1.29, 1.82) is 0 Å². The second kappa shape index (κ2) is 4.69. The fourth-order valence-electron chi connectivity index (χ4n) is 3.13. The quantitative estimate of drug-likeness (QED) is 0.787. The zero-order chi connectivity index (χ0) is 13.7. The van der Waals surface area contributed by atoms with Gasteiger partial charge >= 0.3 is 0 Å². The van der Waals surface area contributed by atoms with Gasteiger partial charge in [0.25, 0.3) is 0 Å². The van der Waals surface area contributed by atoms with Crippen molar-refractivity contribution in [3.63, 3.8) is 0 Å². The molecule has 1 aliphatic rings. The number of aromatic amines is 1. The van der Waals surface area contributed by atoms with E-state index in [4.69, 9.17) is 28.9 Å². The molecule has 3 N–H and O–H groups in total. The van der Waals surface area contributed by atoms with Crippen molar-refractivity contribution in [2.24, 2.45) is 17.6 Å². The van der Waals surface area contributed by atoms with Crippen LogP contribution in [0.2, 0.25) is 10.0 Å².